The quantitative estimate of drug-likeness (QED) is 0.840. The average molecular weight is 368 g/mol. The van der Waals surface area contributed by atoms with Crippen LogP contribution in [0.25, 0.3) is 0 Å². The van der Waals surface area contributed by atoms with E-state index in [0.717, 1.165) is 31.2 Å². The highest BCUT2D eigenvalue weighted by Crippen LogP contribution is 2.17. The minimum atomic E-state index is -0.0337. The van der Waals surface area contributed by atoms with E-state index in [0.29, 0.717) is 12.1 Å². The van der Waals surface area contributed by atoms with Crippen molar-refractivity contribution >= 4 is 24.2 Å². The molecule has 2 amide bonds. The molecule has 0 saturated heterocycles. The molecule has 0 atom stereocenters. The van der Waals surface area contributed by atoms with Gasteiger partial charge in [0.25, 0.3) is 5.91 Å². The van der Waals surface area contributed by atoms with Gasteiger partial charge in [-0.1, -0.05) is 26.0 Å². The summed E-state index contributed by atoms with van der Waals surface area (Å²) in [4.78, 5) is 26.0. The topological polar surface area (TPSA) is 75.4 Å². The summed E-state index contributed by atoms with van der Waals surface area (Å²) in [5, 5.41) is 3.09. The summed E-state index contributed by atoms with van der Waals surface area (Å²) in [5.41, 5.74) is 7.57. The molecular formula is C19H30ClN3O2. The van der Waals surface area contributed by atoms with E-state index in [1.165, 1.54) is 0 Å². The van der Waals surface area contributed by atoms with Crippen LogP contribution in [0.5, 0.6) is 0 Å². The summed E-state index contributed by atoms with van der Waals surface area (Å²) >= 11 is 0. The summed E-state index contributed by atoms with van der Waals surface area (Å²) in [5.74, 6) is 0.0737. The Labute approximate surface area is 156 Å². The van der Waals surface area contributed by atoms with Gasteiger partial charge < -0.3 is 16.0 Å². The van der Waals surface area contributed by atoms with Gasteiger partial charge in [0.15, 0.2) is 0 Å². The third-order valence-corrected chi connectivity index (χ3v) is 4.61. The van der Waals surface area contributed by atoms with Crippen LogP contribution in [-0.2, 0) is 11.3 Å². The number of hydrogen-bond donors (Lipinski definition) is 2. The van der Waals surface area contributed by atoms with E-state index in [1.54, 1.807) is 11.9 Å². The van der Waals surface area contributed by atoms with Crippen molar-refractivity contribution in [1.82, 2.24) is 10.2 Å². The van der Waals surface area contributed by atoms with Crippen molar-refractivity contribution in [2.45, 2.75) is 58.2 Å². The summed E-state index contributed by atoms with van der Waals surface area (Å²) in [6.45, 7) is 4.34. The van der Waals surface area contributed by atoms with Crippen molar-refractivity contribution in [3.63, 3.8) is 0 Å². The summed E-state index contributed by atoms with van der Waals surface area (Å²) in [6.07, 6.45) is 3.85. The Morgan fingerprint density at radius 3 is 2.24 bits per heavy atom. The molecule has 1 aliphatic rings. The molecule has 0 heterocycles. The lowest BCUT2D eigenvalue weighted by Gasteiger charge is -2.26. The predicted molar refractivity (Wildman–Crippen MR) is 103 cm³/mol. The van der Waals surface area contributed by atoms with Gasteiger partial charge in [-0.25, -0.2) is 0 Å². The molecule has 0 radical (unpaired) electrons. The van der Waals surface area contributed by atoms with E-state index in [9.17, 15) is 9.59 Å². The second-order valence-corrected chi connectivity index (χ2v) is 7.13. The third-order valence-electron chi connectivity index (χ3n) is 4.61. The largest absolute Gasteiger partial charge is 0.349 e. The van der Waals surface area contributed by atoms with Gasteiger partial charge >= 0.3 is 0 Å². The van der Waals surface area contributed by atoms with Gasteiger partial charge in [-0.3, -0.25) is 9.59 Å². The summed E-state index contributed by atoms with van der Waals surface area (Å²) < 4.78 is 0. The van der Waals surface area contributed by atoms with Crippen molar-refractivity contribution in [3.8, 4) is 0 Å². The number of hydrogen-bond acceptors (Lipinski definition) is 3. The third kappa shape index (κ3) is 6.33. The first-order valence-electron chi connectivity index (χ1n) is 8.77. The maximum absolute atomic E-state index is 12.3. The molecule has 0 spiro atoms. The van der Waals surface area contributed by atoms with Crippen LogP contribution in [0.3, 0.4) is 0 Å². The van der Waals surface area contributed by atoms with Crippen LogP contribution in [0, 0.1) is 5.92 Å². The molecule has 140 valence electrons. The van der Waals surface area contributed by atoms with Crippen LogP contribution in [0.2, 0.25) is 0 Å². The minimum absolute atomic E-state index is 0. The zero-order valence-electron chi connectivity index (χ0n) is 15.3. The molecule has 2 rings (SSSR count). The molecule has 1 aromatic carbocycles. The average Bonchev–Trinajstić information content (AvgIpc) is 2.56. The van der Waals surface area contributed by atoms with Gasteiger partial charge in [-0.15, -0.1) is 12.4 Å². The Hall–Kier alpha value is -1.59. The Morgan fingerprint density at radius 2 is 1.72 bits per heavy atom. The SMILES string of the molecule is CC(C)C(=O)N(C)Cc1ccc(C(=O)NC2CCC(N)CC2)cc1.Cl. The molecule has 0 unspecified atom stereocenters. The molecule has 1 aromatic rings. The highest BCUT2D eigenvalue weighted by atomic mass is 35.5. The smallest absolute Gasteiger partial charge is 0.251 e. The van der Waals surface area contributed by atoms with Crippen molar-refractivity contribution in [1.29, 1.82) is 0 Å². The number of carbonyl (C=O) groups is 2. The molecule has 1 fully saturated rings. The number of nitrogens with one attached hydrogen (secondary N) is 1. The number of amides is 2. The maximum atomic E-state index is 12.3. The van der Waals surface area contributed by atoms with Crippen molar-refractivity contribution in [2.75, 3.05) is 7.05 Å². The molecule has 6 heteroatoms. The van der Waals surface area contributed by atoms with Crippen LogP contribution >= 0.6 is 12.4 Å². The molecule has 25 heavy (non-hydrogen) atoms. The van der Waals surface area contributed by atoms with Crippen molar-refractivity contribution < 1.29 is 9.59 Å². The lowest BCUT2D eigenvalue weighted by molar-refractivity contribution is -0.133. The Balaban J connectivity index is 0.00000312. The van der Waals surface area contributed by atoms with E-state index < -0.39 is 0 Å². The standard InChI is InChI=1S/C19H29N3O2.ClH/c1-13(2)19(24)22(3)12-14-4-6-15(7-5-14)18(23)21-17-10-8-16(20)9-11-17;/h4-7,13,16-17H,8-12,20H2,1-3H3,(H,21,23);1H. The first-order chi connectivity index (χ1) is 11.4. The Kier molecular flexibility index (Phi) is 8.39. The molecule has 0 aromatic heterocycles. The fraction of sp³-hybridized carbons (Fsp3) is 0.579. The van der Waals surface area contributed by atoms with Gasteiger partial charge in [0, 0.05) is 37.2 Å². The minimum Gasteiger partial charge on any atom is -0.349 e. The van der Waals surface area contributed by atoms with Crippen molar-refractivity contribution in [3.05, 3.63) is 35.4 Å². The number of halogens is 1. The highest BCUT2D eigenvalue weighted by Gasteiger charge is 2.20. The number of nitrogens with two attached hydrogens (primary N) is 1. The second-order valence-electron chi connectivity index (χ2n) is 7.13. The normalized spacial score (nSPS) is 19.9. The first-order valence-corrected chi connectivity index (χ1v) is 8.77. The fourth-order valence-corrected chi connectivity index (χ4v) is 3.09. The van der Waals surface area contributed by atoms with E-state index in [-0.39, 0.29) is 42.2 Å². The molecule has 0 aliphatic heterocycles. The van der Waals surface area contributed by atoms with Crippen LogP contribution < -0.4 is 11.1 Å². The van der Waals surface area contributed by atoms with E-state index in [4.69, 9.17) is 5.73 Å². The van der Waals surface area contributed by atoms with Crippen molar-refractivity contribution in [2.24, 2.45) is 11.7 Å². The fourth-order valence-electron chi connectivity index (χ4n) is 3.09. The zero-order chi connectivity index (χ0) is 17.7. The van der Waals surface area contributed by atoms with Gasteiger partial charge in [0.1, 0.15) is 0 Å². The molecular weight excluding hydrogens is 338 g/mol. The van der Waals surface area contributed by atoms with Crippen LogP contribution in [-0.4, -0.2) is 35.8 Å². The second kappa shape index (κ2) is 9.78. The molecule has 0 bridgehead atoms. The lowest BCUT2D eigenvalue weighted by Crippen LogP contribution is -2.40. The van der Waals surface area contributed by atoms with Crippen LogP contribution in [0.1, 0.15) is 55.5 Å². The number of benzene rings is 1. The highest BCUT2D eigenvalue weighted by molar-refractivity contribution is 5.94. The maximum Gasteiger partial charge on any atom is 0.251 e. The molecule has 5 nitrogen and oxygen atoms in total. The van der Waals surface area contributed by atoms with E-state index in [2.05, 4.69) is 5.32 Å². The number of rotatable bonds is 5. The molecule has 3 N–H and O–H groups in total. The monoisotopic (exact) mass is 367 g/mol. The van der Waals surface area contributed by atoms with E-state index >= 15 is 0 Å². The Bertz CT molecular complexity index is 567. The van der Waals surface area contributed by atoms with Crippen LogP contribution in [0.4, 0.5) is 0 Å². The van der Waals surface area contributed by atoms with E-state index in [1.807, 2.05) is 38.1 Å². The van der Waals surface area contributed by atoms with Crippen LogP contribution in [0.15, 0.2) is 24.3 Å². The van der Waals surface area contributed by atoms with Gasteiger partial charge in [0.2, 0.25) is 5.91 Å². The molecule has 1 aliphatic carbocycles. The van der Waals surface area contributed by atoms with Gasteiger partial charge in [0.05, 0.1) is 0 Å². The lowest BCUT2D eigenvalue weighted by atomic mass is 9.91. The Morgan fingerprint density at radius 1 is 1.16 bits per heavy atom. The molecule has 1 saturated carbocycles. The number of carbonyl (C=O) groups excluding carboxylic acids is 2. The zero-order valence-corrected chi connectivity index (χ0v) is 16.1. The summed E-state index contributed by atoms with van der Waals surface area (Å²) in [7, 11) is 1.80. The number of nitrogens with zero attached hydrogens (tertiary/aromatic N) is 1. The first kappa shape index (κ1) is 21.5. The van der Waals surface area contributed by atoms with Gasteiger partial charge in [-0.2, -0.15) is 0 Å². The summed E-state index contributed by atoms with van der Waals surface area (Å²) in [6, 6.07) is 7.99. The van der Waals surface area contributed by atoms with Gasteiger partial charge in [-0.05, 0) is 43.4 Å². The predicted octanol–water partition coefficient (Wildman–Crippen LogP) is 2.72.